The van der Waals surface area contributed by atoms with Gasteiger partial charge in [0, 0.05) is 5.56 Å². The highest BCUT2D eigenvalue weighted by Gasteiger charge is 1.87. The zero-order chi connectivity index (χ0) is 13.2. The van der Waals surface area contributed by atoms with Crippen molar-refractivity contribution in [3.05, 3.63) is 65.7 Å². The molecule has 2 aromatic carbocycles. The number of phenols is 1. The highest BCUT2D eigenvalue weighted by molar-refractivity contribution is 5.74. The van der Waals surface area contributed by atoms with Gasteiger partial charge in [-0.2, -0.15) is 0 Å². The maximum atomic E-state index is 10.0. The first-order chi connectivity index (χ1) is 8.76. The molecule has 0 aromatic heterocycles. The normalized spacial score (nSPS) is 9.17. The van der Waals surface area contributed by atoms with Crippen LogP contribution in [0.1, 0.15) is 29.3 Å². The Labute approximate surface area is 108 Å². The summed E-state index contributed by atoms with van der Waals surface area (Å²) in [5.41, 5.74) is 2.02. The van der Waals surface area contributed by atoms with Crippen molar-refractivity contribution in [3.63, 3.8) is 0 Å². The van der Waals surface area contributed by atoms with Gasteiger partial charge in [0.2, 0.25) is 0 Å². The third kappa shape index (κ3) is 5.30. The highest BCUT2D eigenvalue weighted by atomic mass is 16.3. The van der Waals surface area contributed by atoms with Gasteiger partial charge in [0.05, 0.1) is 0 Å². The van der Waals surface area contributed by atoms with Crippen LogP contribution in [-0.4, -0.2) is 11.4 Å². The Hall–Kier alpha value is -2.09. The molecule has 0 fully saturated rings. The number of aldehydes is 1. The molecule has 0 amide bonds. The first kappa shape index (κ1) is 14.0. The molecule has 0 aliphatic rings. The molecule has 0 aliphatic carbocycles. The second-order valence-corrected chi connectivity index (χ2v) is 3.94. The van der Waals surface area contributed by atoms with Crippen LogP contribution in [0.25, 0.3) is 0 Å². The molecule has 2 heteroatoms. The van der Waals surface area contributed by atoms with E-state index in [9.17, 15) is 4.79 Å². The molecule has 1 N–H and O–H groups in total. The molecule has 0 saturated carbocycles. The number of aromatic hydroxyl groups is 1. The van der Waals surface area contributed by atoms with Gasteiger partial charge >= 0.3 is 0 Å². The van der Waals surface area contributed by atoms with Gasteiger partial charge in [0.1, 0.15) is 12.0 Å². The number of carbonyl (C=O) groups excluding carboxylic acids is 1. The average Bonchev–Trinajstić information content (AvgIpc) is 2.42. The lowest BCUT2D eigenvalue weighted by Gasteiger charge is -1.93. The zero-order valence-electron chi connectivity index (χ0n) is 10.5. The number of aryl methyl sites for hydroxylation is 1. The number of benzene rings is 2. The Bertz CT molecular complexity index is 446. The summed E-state index contributed by atoms with van der Waals surface area (Å²) < 4.78 is 0. The molecule has 0 spiro atoms. The monoisotopic (exact) mass is 242 g/mol. The van der Waals surface area contributed by atoms with Gasteiger partial charge in [-0.15, -0.1) is 0 Å². The fourth-order valence-electron chi connectivity index (χ4n) is 1.49. The first-order valence-electron chi connectivity index (χ1n) is 6.04. The summed E-state index contributed by atoms with van der Waals surface area (Å²) in [4.78, 5) is 10.0. The Morgan fingerprint density at radius 1 is 1.00 bits per heavy atom. The molecule has 2 nitrogen and oxygen atoms in total. The summed E-state index contributed by atoms with van der Waals surface area (Å²) in [5, 5.41) is 8.74. The molecule has 0 saturated heterocycles. The van der Waals surface area contributed by atoms with E-state index in [1.54, 1.807) is 12.1 Å². The second kappa shape index (κ2) is 8.07. The number of hydrogen-bond donors (Lipinski definition) is 1. The molecule has 0 radical (unpaired) electrons. The standard InChI is InChI=1S/C9H12.C7H6O2/c1-2-6-9-7-4-3-5-8-9;8-5-6-1-3-7(9)4-2-6/h3-5,7-8H,2,6H2,1H3;1-5,9H. The van der Waals surface area contributed by atoms with E-state index in [-0.39, 0.29) is 5.75 Å². The Morgan fingerprint density at radius 3 is 2.11 bits per heavy atom. The summed E-state index contributed by atoms with van der Waals surface area (Å²) >= 11 is 0. The molecule has 2 aromatic rings. The van der Waals surface area contributed by atoms with Crippen LogP contribution in [0.2, 0.25) is 0 Å². The molecule has 18 heavy (non-hydrogen) atoms. The van der Waals surface area contributed by atoms with Crippen LogP contribution in [0, 0.1) is 0 Å². The summed E-state index contributed by atoms with van der Waals surface area (Å²) in [7, 11) is 0. The summed E-state index contributed by atoms with van der Waals surface area (Å²) in [6.07, 6.45) is 3.18. The minimum Gasteiger partial charge on any atom is -0.508 e. The topological polar surface area (TPSA) is 37.3 Å². The number of carbonyl (C=O) groups is 1. The van der Waals surface area contributed by atoms with E-state index in [0.717, 1.165) is 6.29 Å². The molecule has 2 rings (SSSR count). The molecule has 94 valence electrons. The molecule has 0 unspecified atom stereocenters. The lowest BCUT2D eigenvalue weighted by Crippen LogP contribution is -1.78. The van der Waals surface area contributed by atoms with E-state index in [1.165, 1.54) is 30.5 Å². The minimum absolute atomic E-state index is 0.181. The second-order valence-electron chi connectivity index (χ2n) is 3.94. The summed E-state index contributed by atoms with van der Waals surface area (Å²) in [6.45, 7) is 2.20. The van der Waals surface area contributed by atoms with Crippen LogP contribution < -0.4 is 0 Å². The molecule has 0 atom stereocenters. The number of rotatable bonds is 3. The van der Waals surface area contributed by atoms with Crippen molar-refractivity contribution in [2.24, 2.45) is 0 Å². The smallest absolute Gasteiger partial charge is 0.150 e. The van der Waals surface area contributed by atoms with Crippen molar-refractivity contribution in [1.29, 1.82) is 0 Å². The van der Waals surface area contributed by atoms with E-state index in [4.69, 9.17) is 5.11 Å². The first-order valence-corrected chi connectivity index (χ1v) is 6.04. The van der Waals surface area contributed by atoms with Crippen molar-refractivity contribution in [2.45, 2.75) is 19.8 Å². The summed E-state index contributed by atoms with van der Waals surface area (Å²) in [5.74, 6) is 0.181. The largest absolute Gasteiger partial charge is 0.508 e. The van der Waals surface area contributed by atoms with Crippen molar-refractivity contribution in [2.75, 3.05) is 0 Å². The van der Waals surface area contributed by atoms with Gasteiger partial charge in [-0.3, -0.25) is 4.79 Å². The van der Waals surface area contributed by atoms with Gasteiger partial charge < -0.3 is 5.11 Å². The average molecular weight is 242 g/mol. The third-order valence-electron chi connectivity index (χ3n) is 2.41. The number of hydrogen-bond acceptors (Lipinski definition) is 2. The number of phenolic OH excluding ortho intramolecular Hbond substituents is 1. The quantitative estimate of drug-likeness (QED) is 0.830. The van der Waals surface area contributed by atoms with Crippen LogP contribution in [0.3, 0.4) is 0 Å². The van der Waals surface area contributed by atoms with Gasteiger partial charge in [-0.1, -0.05) is 43.7 Å². The fourth-order valence-corrected chi connectivity index (χ4v) is 1.49. The molecule has 0 bridgehead atoms. The van der Waals surface area contributed by atoms with Crippen LogP contribution in [0.15, 0.2) is 54.6 Å². The lowest BCUT2D eigenvalue weighted by atomic mass is 10.1. The van der Waals surface area contributed by atoms with Crippen molar-refractivity contribution >= 4 is 6.29 Å². The highest BCUT2D eigenvalue weighted by Crippen LogP contribution is 2.07. The van der Waals surface area contributed by atoms with E-state index >= 15 is 0 Å². The third-order valence-corrected chi connectivity index (χ3v) is 2.41. The minimum atomic E-state index is 0.181. The van der Waals surface area contributed by atoms with Crippen LogP contribution >= 0.6 is 0 Å². The fraction of sp³-hybridized carbons (Fsp3) is 0.188. The predicted octanol–water partition coefficient (Wildman–Crippen LogP) is 3.84. The predicted molar refractivity (Wildman–Crippen MR) is 73.9 cm³/mol. The lowest BCUT2D eigenvalue weighted by molar-refractivity contribution is 0.112. The van der Waals surface area contributed by atoms with Crippen molar-refractivity contribution in [3.8, 4) is 5.75 Å². The maximum Gasteiger partial charge on any atom is 0.150 e. The van der Waals surface area contributed by atoms with Crippen LogP contribution in [0.4, 0.5) is 0 Å². The van der Waals surface area contributed by atoms with Crippen molar-refractivity contribution < 1.29 is 9.90 Å². The van der Waals surface area contributed by atoms with Crippen molar-refractivity contribution in [1.82, 2.24) is 0 Å². The van der Waals surface area contributed by atoms with Gasteiger partial charge in [0.25, 0.3) is 0 Å². The zero-order valence-corrected chi connectivity index (χ0v) is 10.5. The molecular formula is C16H18O2. The Balaban J connectivity index is 0.000000180. The Morgan fingerprint density at radius 2 is 1.61 bits per heavy atom. The molecular weight excluding hydrogens is 224 g/mol. The van der Waals surface area contributed by atoms with E-state index in [2.05, 4.69) is 37.3 Å². The maximum absolute atomic E-state index is 10.0. The van der Waals surface area contributed by atoms with E-state index in [1.807, 2.05) is 0 Å². The molecule has 0 aliphatic heterocycles. The van der Waals surface area contributed by atoms with E-state index < -0.39 is 0 Å². The SMILES string of the molecule is CCCc1ccccc1.O=Cc1ccc(O)cc1. The Kier molecular flexibility index (Phi) is 6.26. The van der Waals surface area contributed by atoms with Gasteiger partial charge in [-0.25, -0.2) is 0 Å². The summed E-state index contributed by atoms with van der Waals surface area (Å²) in [6, 6.07) is 16.6. The van der Waals surface area contributed by atoms with E-state index in [0.29, 0.717) is 5.56 Å². The van der Waals surface area contributed by atoms with Gasteiger partial charge in [0.15, 0.2) is 0 Å². The molecule has 0 heterocycles. The van der Waals surface area contributed by atoms with Gasteiger partial charge in [-0.05, 0) is 36.2 Å². The van der Waals surface area contributed by atoms with Crippen LogP contribution in [0.5, 0.6) is 5.75 Å². The van der Waals surface area contributed by atoms with Crippen LogP contribution in [-0.2, 0) is 6.42 Å².